The van der Waals surface area contributed by atoms with Crippen LogP contribution in [0.2, 0.25) is 0 Å². The second-order valence-electron chi connectivity index (χ2n) is 3.64. The van der Waals surface area contributed by atoms with Gasteiger partial charge in [0.25, 0.3) is 0 Å². The second kappa shape index (κ2) is 4.59. The molecule has 0 spiro atoms. The first-order valence-corrected chi connectivity index (χ1v) is 4.99. The van der Waals surface area contributed by atoms with Crippen LogP contribution in [0.25, 0.3) is 0 Å². The number of halogens is 3. The first kappa shape index (κ1) is 12.3. The van der Waals surface area contributed by atoms with E-state index in [1.165, 1.54) is 23.1 Å². The maximum Gasteiger partial charge on any atom is 0.433 e. The number of aromatic nitrogens is 3. The van der Waals surface area contributed by atoms with Crippen molar-refractivity contribution in [2.75, 3.05) is 0 Å². The van der Waals surface area contributed by atoms with E-state index in [1.54, 1.807) is 0 Å². The average Bonchev–Trinajstić information content (AvgIpc) is 2.76. The summed E-state index contributed by atoms with van der Waals surface area (Å²) < 4.78 is 38.7. The monoisotopic (exact) mass is 255 g/mol. The number of nitrogens with zero attached hydrogens (tertiary/aromatic N) is 3. The highest BCUT2D eigenvalue weighted by molar-refractivity contribution is 5.73. The summed E-state index contributed by atoms with van der Waals surface area (Å²) in [6.07, 6.45) is 0.0626. The zero-order chi connectivity index (χ0) is 13.2. The number of rotatable bonds is 3. The molecule has 0 amide bonds. The summed E-state index contributed by atoms with van der Waals surface area (Å²) >= 11 is 0. The van der Waals surface area contributed by atoms with Crippen LogP contribution >= 0.6 is 0 Å². The van der Waals surface area contributed by atoms with Crippen molar-refractivity contribution in [3.8, 4) is 0 Å². The quantitative estimate of drug-likeness (QED) is 0.789. The maximum absolute atomic E-state index is 12.4. The fraction of sp³-hybridized carbons (Fsp3) is 0.182. The molecule has 2 rings (SSSR count). The smallest absolute Gasteiger partial charge is 0.298 e. The maximum atomic E-state index is 12.4. The molecule has 0 aliphatic heterocycles. The van der Waals surface area contributed by atoms with Crippen molar-refractivity contribution in [1.29, 1.82) is 0 Å². The highest BCUT2D eigenvalue weighted by atomic mass is 19.4. The number of hydrogen-bond acceptors (Lipinski definition) is 3. The summed E-state index contributed by atoms with van der Waals surface area (Å²) in [6, 6.07) is 2.43. The normalized spacial score (nSPS) is 11.5. The second-order valence-corrected chi connectivity index (χ2v) is 3.64. The van der Waals surface area contributed by atoms with E-state index in [1.807, 2.05) is 0 Å². The van der Waals surface area contributed by atoms with Gasteiger partial charge in [0.15, 0.2) is 6.29 Å². The summed E-state index contributed by atoms with van der Waals surface area (Å²) in [5.41, 5.74) is -0.152. The molecule has 18 heavy (non-hydrogen) atoms. The Morgan fingerprint density at radius 1 is 1.39 bits per heavy atom. The molecule has 0 aliphatic rings. The van der Waals surface area contributed by atoms with E-state index in [9.17, 15) is 18.0 Å². The summed E-state index contributed by atoms with van der Waals surface area (Å²) in [5, 5.41) is 3.86. The summed E-state index contributed by atoms with van der Waals surface area (Å²) in [7, 11) is 0. The van der Waals surface area contributed by atoms with Crippen molar-refractivity contribution in [3.05, 3.63) is 47.5 Å². The van der Waals surface area contributed by atoms with Crippen LogP contribution in [0.1, 0.15) is 21.6 Å². The third kappa shape index (κ3) is 2.73. The van der Waals surface area contributed by atoms with Crippen molar-refractivity contribution in [3.63, 3.8) is 0 Å². The number of carbonyl (C=O) groups is 1. The Balaban J connectivity index is 2.21. The lowest BCUT2D eigenvalue weighted by Gasteiger charge is -2.07. The fourth-order valence-corrected chi connectivity index (χ4v) is 1.44. The van der Waals surface area contributed by atoms with Gasteiger partial charge in [-0.15, -0.1) is 0 Å². The van der Waals surface area contributed by atoms with Crippen LogP contribution in [0.5, 0.6) is 0 Å². The number of aldehydes is 1. The highest BCUT2D eigenvalue weighted by Crippen LogP contribution is 2.27. The van der Waals surface area contributed by atoms with Gasteiger partial charge in [-0.1, -0.05) is 0 Å². The number of alkyl halides is 3. The van der Waals surface area contributed by atoms with Crippen molar-refractivity contribution in [2.24, 2.45) is 0 Å². The number of hydrogen-bond donors (Lipinski definition) is 0. The van der Waals surface area contributed by atoms with Gasteiger partial charge in [0.2, 0.25) is 0 Å². The fourth-order valence-electron chi connectivity index (χ4n) is 1.44. The molecule has 0 saturated heterocycles. The molecule has 0 atom stereocenters. The van der Waals surface area contributed by atoms with Gasteiger partial charge in [-0.3, -0.25) is 14.5 Å². The van der Waals surface area contributed by atoms with Gasteiger partial charge in [-0.2, -0.15) is 18.3 Å². The average molecular weight is 255 g/mol. The lowest BCUT2D eigenvalue weighted by molar-refractivity contribution is -0.141. The van der Waals surface area contributed by atoms with Gasteiger partial charge >= 0.3 is 6.18 Å². The van der Waals surface area contributed by atoms with Gasteiger partial charge in [0, 0.05) is 12.4 Å². The standard InChI is InChI=1S/C11H8F3N3O/c12-11(13,14)10-3-8(1-2-15-10)5-17-6-9(7-18)4-16-17/h1-4,6-7H,5H2. The Kier molecular flexibility index (Phi) is 3.14. The molecule has 94 valence electrons. The van der Waals surface area contributed by atoms with E-state index in [0.29, 0.717) is 17.4 Å². The van der Waals surface area contributed by atoms with Crippen molar-refractivity contribution in [2.45, 2.75) is 12.7 Å². The molecule has 0 aromatic carbocycles. The minimum atomic E-state index is -4.46. The molecule has 2 aromatic heterocycles. The summed E-state index contributed by atoms with van der Waals surface area (Å²) in [6.45, 7) is 0.152. The molecule has 7 heteroatoms. The molecule has 0 aliphatic carbocycles. The van der Waals surface area contributed by atoms with Crippen LogP contribution in [0, 0.1) is 0 Å². The SMILES string of the molecule is O=Cc1cnn(Cc2ccnc(C(F)(F)F)c2)c1. The molecule has 0 bridgehead atoms. The van der Waals surface area contributed by atoms with Gasteiger partial charge < -0.3 is 0 Å². The Labute approximate surface area is 100 Å². The first-order chi connectivity index (χ1) is 8.49. The van der Waals surface area contributed by atoms with E-state index >= 15 is 0 Å². The number of carbonyl (C=O) groups excluding carboxylic acids is 1. The molecule has 0 N–H and O–H groups in total. The van der Waals surface area contributed by atoms with Gasteiger partial charge in [0.05, 0.1) is 18.3 Å². The van der Waals surface area contributed by atoms with Crippen LogP contribution in [-0.2, 0) is 12.7 Å². The molecule has 0 saturated carbocycles. The molecule has 2 heterocycles. The zero-order valence-electron chi connectivity index (χ0n) is 9.05. The zero-order valence-corrected chi connectivity index (χ0v) is 9.05. The van der Waals surface area contributed by atoms with Crippen LogP contribution in [0.15, 0.2) is 30.7 Å². The Hall–Kier alpha value is -2.18. The van der Waals surface area contributed by atoms with E-state index in [4.69, 9.17) is 0 Å². The largest absolute Gasteiger partial charge is 0.433 e. The predicted octanol–water partition coefficient (Wildman–Crippen LogP) is 2.16. The molecule has 4 nitrogen and oxygen atoms in total. The van der Waals surface area contributed by atoms with Crippen LogP contribution in [0.4, 0.5) is 13.2 Å². The molecule has 0 unspecified atom stereocenters. The van der Waals surface area contributed by atoms with E-state index < -0.39 is 11.9 Å². The topological polar surface area (TPSA) is 47.8 Å². The van der Waals surface area contributed by atoms with E-state index in [0.717, 1.165) is 12.3 Å². The number of pyridine rings is 1. The Bertz CT molecular complexity index is 563. The van der Waals surface area contributed by atoms with Crippen molar-refractivity contribution < 1.29 is 18.0 Å². The Morgan fingerprint density at radius 3 is 2.78 bits per heavy atom. The molecular formula is C11H8F3N3O. The third-order valence-corrected chi connectivity index (χ3v) is 2.25. The molecular weight excluding hydrogens is 247 g/mol. The van der Waals surface area contributed by atoms with Crippen LogP contribution < -0.4 is 0 Å². The summed E-state index contributed by atoms with van der Waals surface area (Å²) in [5.74, 6) is 0. The third-order valence-electron chi connectivity index (χ3n) is 2.25. The Morgan fingerprint density at radius 2 is 2.17 bits per heavy atom. The minimum Gasteiger partial charge on any atom is -0.298 e. The predicted molar refractivity (Wildman–Crippen MR) is 56.0 cm³/mol. The van der Waals surface area contributed by atoms with E-state index in [-0.39, 0.29) is 6.54 Å². The molecule has 2 aromatic rings. The lowest BCUT2D eigenvalue weighted by atomic mass is 10.2. The first-order valence-electron chi connectivity index (χ1n) is 4.99. The van der Waals surface area contributed by atoms with Gasteiger partial charge in [-0.25, -0.2) is 0 Å². The summed E-state index contributed by atoms with van der Waals surface area (Å²) in [4.78, 5) is 13.7. The molecule has 0 radical (unpaired) electrons. The van der Waals surface area contributed by atoms with Gasteiger partial charge in [0.1, 0.15) is 5.69 Å². The van der Waals surface area contributed by atoms with E-state index in [2.05, 4.69) is 10.1 Å². The van der Waals surface area contributed by atoms with Crippen LogP contribution in [-0.4, -0.2) is 21.1 Å². The van der Waals surface area contributed by atoms with Gasteiger partial charge in [-0.05, 0) is 17.7 Å². The molecule has 0 fully saturated rings. The van der Waals surface area contributed by atoms with Crippen molar-refractivity contribution >= 4 is 6.29 Å². The highest BCUT2D eigenvalue weighted by Gasteiger charge is 2.32. The van der Waals surface area contributed by atoms with Crippen LogP contribution in [0.3, 0.4) is 0 Å². The lowest BCUT2D eigenvalue weighted by Crippen LogP contribution is -2.09. The minimum absolute atomic E-state index is 0.152. The van der Waals surface area contributed by atoms with Crippen molar-refractivity contribution in [1.82, 2.24) is 14.8 Å².